The zero-order chi connectivity index (χ0) is 28.6. The highest BCUT2D eigenvalue weighted by molar-refractivity contribution is 7.25. The van der Waals surface area contributed by atoms with Crippen molar-refractivity contribution in [3.8, 4) is 56.4 Å². The Bertz CT molecular complexity index is 2220. The smallest absolute Gasteiger partial charge is 0.164 e. The Hall–Kier alpha value is -5.45. The van der Waals surface area contributed by atoms with Gasteiger partial charge in [-0.05, 0) is 58.7 Å². The van der Waals surface area contributed by atoms with Crippen molar-refractivity contribution in [1.29, 1.82) is 0 Å². The van der Waals surface area contributed by atoms with E-state index in [1.807, 2.05) is 41.7 Å². The van der Waals surface area contributed by atoms with Crippen molar-refractivity contribution in [2.45, 2.75) is 0 Å². The van der Waals surface area contributed by atoms with Gasteiger partial charge in [-0.15, -0.1) is 11.3 Å². The Kier molecular flexibility index (Phi) is 6.32. The van der Waals surface area contributed by atoms with Gasteiger partial charge < -0.3 is 0 Å². The first kappa shape index (κ1) is 25.3. The molecule has 0 atom stereocenters. The van der Waals surface area contributed by atoms with Crippen molar-refractivity contribution < 1.29 is 0 Å². The summed E-state index contributed by atoms with van der Waals surface area (Å²) in [6.45, 7) is 0. The number of nitrogens with zero attached hydrogens (tertiary/aromatic N) is 3. The van der Waals surface area contributed by atoms with Crippen LogP contribution in [0.5, 0.6) is 0 Å². The van der Waals surface area contributed by atoms with Gasteiger partial charge in [-0.2, -0.15) is 0 Å². The van der Waals surface area contributed by atoms with E-state index in [-0.39, 0.29) is 0 Å². The molecule has 0 N–H and O–H groups in total. The van der Waals surface area contributed by atoms with E-state index in [0.717, 1.165) is 33.4 Å². The Morgan fingerprint density at radius 2 is 0.884 bits per heavy atom. The number of hydrogen-bond acceptors (Lipinski definition) is 4. The second-order valence-corrected chi connectivity index (χ2v) is 11.6. The van der Waals surface area contributed by atoms with Gasteiger partial charge in [0.05, 0.1) is 0 Å². The first-order valence-electron chi connectivity index (χ1n) is 14.3. The molecule has 0 spiro atoms. The van der Waals surface area contributed by atoms with E-state index in [1.54, 1.807) is 0 Å². The maximum absolute atomic E-state index is 5.14. The number of aromatic nitrogens is 3. The monoisotopic (exact) mass is 567 g/mol. The Morgan fingerprint density at radius 3 is 1.63 bits per heavy atom. The number of rotatable bonds is 5. The van der Waals surface area contributed by atoms with Crippen LogP contribution in [0.15, 0.2) is 152 Å². The maximum Gasteiger partial charge on any atom is 0.164 e. The van der Waals surface area contributed by atoms with Gasteiger partial charge in [0.15, 0.2) is 17.5 Å². The molecule has 0 aliphatic rings. The van der Waals surface area contributed by atoms with Crippen LogP contribution in [0.2, 0.25) is 0 Å². The summed E-state index contributed by atoms with van der Waals surface area (Å²) in [6, 6.07) is 52.7. The van der Waals surface area contributed by atoms with Crippen LogP contribution in [-0.2, 0) is 0 Å². The Labute approximate surface area is 253 Å². The minimum absolute atomic E-state index is 0.651. The molecule has 43 heavy (non-hydrogen) atoms. The summed E-state index contributed by atoms with van der Waals surface area (Å²) in [6.07, 6.45) is 0. The van der Waals surface area contributed by atoms with Gasteiger partial charge in [0, 0.05) is 36.9 Å². The molecule has 3 nitrogen and oxygen atoms in total. The third-order valence-corrected chi connectivity index (χ3v) is 8.91. The standard InChI is InChI=1S/C39H25N3S/c1-4-12-26(13-5-1)29-20-22-32(33(24-29)27-14-6-2-7-15-27)39-41-37(28-16-8-3-9-17-28)40-38(42-39)30-21-23-36-34(25-30)31-18-10-11-19-35(31)43-36/h1-25H. The van der Waals surface area contributed by atoms with Gasteiger partial charge >= 0.3 is 0 Å². The molecule has 0 aliphatic carbocycles. The normalized spacial score (nSPS) is 11.3. The summed E-state index contributed by atoms with van der Waals surface area (Å²) in [5.74, 6) is 1.96. The largest absolute Gasteiger partial charge is 0.208 e. The molecule has 0 saturated heterocycles. The molecule has 8 rings (SSSR count). The average Bonchev–Trinajstić information content (AvgIpc) is 3.47. The molecule has 0 bridgehead atoms. The summed E-state index contributed by atoms with van der Waals surface area (Å²) in [7, 11) is 0. The zero-order valence-electron chi connectivity index (χ0n) is 23.2. The van der Waals surface area contributed by atoms with Gasteiger partial charge in [0.25, 0.3) is 0 Å². The van der Waals surface area contributed by atoms with E-state index in [1.165, 1.54) is 25.7 Å². The van der Waals surface area contributed by atoms with Crippen LogP contribution >= 0.6 is 11.3 Å². The van der Waals surface area contributed by atoms with Crippen molar-refractivity contribution in [2.75, 3.05) is 0 Å². The molecule has 2 heterocycles. The third kappa shape index (κ3) is 4.78. The fourth-order valence-electron chi connectivity index (χ4n) is 5.61. The first-order valence-corrected chi connectivity index (χ1v) is 15.1. The van der Waals surface area contributed by atoms with Crippen LogP contribution in [0.1, 0.15) is 0 Å². The lowest BCUT2D eigenvalue weighted by Gasteiger charge is -2.14. The highest BCUT2D eigenvalue weighted by Gasteiger charge is 2.17. The van der Waals surface area contributed by atoms with Gasteiger partial charge in [-0.25, -0.2) is 15.0 Å². The van der Waals surface area contributed by atoms with E-state index < -0.39 is 0 Å². The van der Waals surface area contributed by atoms with E-state index in [4.69, 9.17) is 15.0 Å². The quantitative estimate of drug-likeness (QED) is 0.208. The molecule has 0 saturated carbocycles. The molecule has 2 aromatic heterocycles. The summed E-state index contributed by atoms with van der Waals surface area (Å²) in [5.41, 5.74) is 7.41. The molecule has 4 heteroatoms. The van der Waals surface area contributed by atoms with Crippen molar-refractivity contribution in [3.63, 3.8) is 0 Å². The van der Waals surface area contributed by atoms with Gasteiger partial charge in [0.2, 0.25) is 0 Å². The lowest BCUT2D eigenvalue weighted by molar-refractivity contribution is 1.07. The minimum Gasteiger partial charge on any atom is -0.208 e. The third-order valence-electron chi connectivity index (χ3n) is 7.75. The summed E-state index contributed by atoms with van der Waals surface area (Å²) >= 11 is 1.81. The lowest BCUT2D eigenvalue weighted by Crippen LogP contribution is -2.01. The Morgan fingerprint density at radius 1 is 0.326 bits per heavy atom. The first-order chi connectivity index (χ1) is 21.3. The van der Waals surface area contributed by atoms with Crippen LogP contribution in [0.25, 0.3) is 76.6 Å². The molecule has 0 amide bonds. The predicted octanol–water partition coefficient (Wildman–Crippen LogP) is 10.6. The maximum atomic E-state index is 5.14. The van der Waals surface area contributed by atoms with Gasteiger partial charge in [0.1, 0.15) is 0 Å². The van der Waals surface area contributed by atoms with Crippen molar-refractivity contribution >= 4 is 31.5 Å². The second kappa shape index (κ2) is 10.8. The highest BCUT2D eigenvalue weighted by Crippen LogP contribution is 2.38. The van der Waals surface area contributed by atoms with Gasteiger partial charge in [-0.1, -0.05) is 115 Å². The molecule has 8 aromatic rings. The molecule has 0 radical (unpaired) electrons. The highest BCUT2D eigenvalue weighted by atomic mass is 32.1. The molecule has 0 fully saturated rings. The van der Waals surface area contributed by atoms with Crippen LogP contribution in [0.4, 0.5) is 0 Å². The average molecular weight is 568 g/mol. The van der Waals surface area contributed by atoms with Gasteiger partial charge in [-0.3, -0.25) is 0 Å². The second-order valence-electron chi connectivity index (χ2n) is 10.5. The minimum atomic E-state index is 0.651. The molecular weight excluding hydrogens is 543 g/mol. The fraction of sp³-hybridized carbons (Fsp3) is 0. The van der Waals surface area contributed by atoms with E-state index in [0.29, 0.717) is 17.5 Å². The molecular formula is C39H25N3S. The van der Waals surface area contributed by atoms with Crippen LogP contribution in [0, 0.1) is 0 Å². The van der Waals surface area contributed by atoms with Crippen LogP contribution < -0.4 is 0 Å². The van der Waals surface area contributed by atoms with Crippen molar-refractivity contribution in [1.82, 2.24) is 15.0 Å². The molecule has 6 aromatic carbocycles. The number of hydrogen-bond donors (Lipinski definition) is 0. The Balaban J connectivity index is 1.36. The van der Waals surface area contributed by atoms with E-state index in [9.17, 15) is 0 Å². The SMILES string of the molecule is c1ccc(-c2ccc(-c3nc(-c4ccccc4)nc(-c4ccc5sc6ccccc6c5c4)n3)c(-c3ccccc3)c2)cc1. The topological polar surface area (TPSA) is 38.7 Å². The summed E-state index contributed by atoms with van der Waals surface area (Å²) in [4.78, 5) is 15.2. The number of benzene rings is 6. The van der Waals surface area contributed by atoms with E-state index in [2.05, 4.69) is 121 Å². The molecule has 0 unspecified atom stereocenters. The molecule has 0 aliphatic heterocycles. The summed E-state index contributed by atoms with van der Waals surface area (Å²) in [5, 5.41) is 2.48. The number of fused-ring (bicyclic) bond motifs is 3. The van der Waals surface area contributed by atoms with Crippen molar-refractivity contribution in [3.05, 3.63) is 152 Å². The van der Waals surface area contributed by atoms with Crippen molar-refractivity contribution in [2.24, 2.45) is 0 Å². The van der Waals surface area contributed by atoms with E-state index >= 15 is 0 Å². The summed E-state index contributed by atoms with van der Waals surface area (Å²) < 4.78 is 2.53. The van der Waals surface area contributed by atoms with Crippen LogP contribution in [-0.4, -0.2) is 15.0 Å². The van der Waals surface area contributed by atoms with Crippen LogP contribution in [0.3, 0.4) is 0 Å². The molecule has 202 valence electrons. The fourth-order valence-corrected chi connectivity index (χ4v) is 6.70. The predicted molar refractivity (Wildman–Crippen MR) is 180 cm³/mol. The lowest BCUT2D eigenvalue weighted by atomic mass is 9.94. The number of thiophene rings is 1. The zero-order valence-corrected chi connectivity index (χ0v) is 24.0.